The number of carbonyl (C=O) groups excluding carboxylic acids is 1. The van der Waals surface area contributed by atoms with Crippen molar-refractivity contribution in [2.24, 2.45) is 0 Å². The minimum absolute atomic E-state index is 0.00573. The van der Waals surface area contributed by atoms with Gasteiger partial charge in [-0.05, 0) is 24.6 Å². The Morgan fingerprint density at radius 1 is 1.29 bits per heavy atom. The van der Waals surface area contributed by atoms with Crippen LogP contribution in [0, 0.1) is 5.82 Å². The van der Waals surface area contributed by atoms with E-state index in [-0.39, 0.29) is 17.0 Å². The molecule has 0 aromatic carbocycles. The predicted molar refractivity (Wildman–Crippen MR) is 85.9 cm³/mol. The molecule has 0 aliphatic heterocycles. The maximum absolute atomic E-state index is 13.7. The largest absolute Gasteiger partial charge is 0.511 e. The zero-order valence-electron chi connectivity index (χ0n) is 12.5. The lowest BCUT2D eigenvalue weighted by Gasteiger charge is -2.16. The van der Waals surface area contributed by atoms with Crippen LogP contribution in [0.3, 0.4) is 0 Å². The molecule has 1 amide bonds. The summed E-state index contributed by atoms with van der Waals surface area (Å²) in [6.07, 6.45) is 5.16. The summed E-state index contributed by atoms with van der Waals surface area (Å²) in [4.78, 5) is 20.7. The van der Waals surface area contributed by atoms with Gasteiger partial charge >= 0.3 is 0 Å². The lowest BCUT2D eigenvalue weighted by atomic mass is 9.97. The number of pyridine rings is 2. The van der Waals surface area contributed by atoms with Crippen LogP contribution in [0.2, 0.25) is 0 Å². The third-order valence-corrected chi connectivity index (χ3v) is 4.00. The van der Waals surface area contributed by atoms with E-state index in [4.69, 9.17) is 0 Å². The van der Waals surface area contributed by atoms with Crippen molar-refractivity contribution in [2.75, 3.05) is 5.32 Å². The monoisotopic (exact) mass is 324 g/mol. The van der Waals surface area contributed by atoms with Gasteiger partial charge < -0.3 is 14.8 Å². The average Bonchev–Trinajstić information content (AvgIpc) is 2.95. The molecule has 120 valence electrons. The molecule has 1 aliphatic carbocycles. The van der Waals surface area contributed by atoms with Crippen molar-refractivity contribution < 1.29 is 14.3 Å². The molecule has 4 rings (SSSR count). The Bertz CT molecular complexity index is 993. The standard InChI is InChI=1S/C17H13FN4O2/c18-10-9-19-7-6-11(10)20-17(24)15-13(23)5-4-12-16(15)21-14-3-1-2-8-22(12)14/h1-3,6-9,23H,4-5H2,(H,19,20,24). The summed E-state index contributed by atoms with van der Waals surface area (Å²) < 4.78 is 15.6. The van der Waals surface area contributed by atoms with E-state index in [2.05, 4.69) is 15.3 Å². The molecular weight excluding hydrogens is 311 g/mol. The van der Waals surface area contributed by atoms with E-state index >= 15 is 0 Å². The molecular formula is C17H13FN4O2. The zero-order chi connectivity index (χ0) is 16.7. The number of aromatic nitrogens is 3. The average molecular weight is 324 g/mol. The first-order valence-corrected chi connectivity index (χ1v) is 7.44. The highest BCUT2D eigenvalue weighted by molar-refractivity contribution is 6.26. The zero-order valence-corrected chi connectivity index (χ0v) is 12.5. The summed E-state index contributed by atoms with van der Waals surface area (Å²) in [6.45, 7) is 0. The highest BCUT2D eigenvalue weighted by Crippen LogP contribution is 2.31. The molecule has 0 unspecified atom stereocenters. The molecule has 0 saturated heterocycles. The lowest BCUT2D eigenvalue weighted by Crippen LogP contribution is -2.20. The van der Waals surface area contributed by atoms with Gasteiger partial charge in [-0.1, -0.05) is 6.07 Å². The number of amides is 1. The van der Waals surface area contributed by atoms with E-state index in [0.29, 0.717) is 24.2 Å². The molecule has 6 nitrogen and oxygen atoms in total. The van der Waals surface area contributed by atoms with Crippen molar-refractivity contribution in [2.45, 2.75) is 12.8 Å². The highest BCUT2D eigenvalue weighted by Gasteiger charge is 2.29. The van der Waals surface area contributed by atoms with Crippen LogP contribution in [-0.2, 0) is 11.2 Å². The summed E-state index contributed by atoms with van der Waals surface area (Å²) in [5.74, 6) is -1.28. The predicted octanol–water partition coefficient (Wildman–Crippen LogP) is 2.72. The van der Waals surface area contributed by atoms with Crippen molar-refractivity contribution in [3.8, 4) is 0 Å². The molecule has 0 atom stereocenters. The lowest BCUT2D eigenvalue weighted by molar-refractivity contribution is -0.111. The van der Waals surface area contributed by atoms with Crippen molar-refractivity contribution in [3.63, 3.8) is 0 Å². The van der Waals surface area contributed by atoms with Crippen molar-refractivity contribution in [3.05, 3.63) is 65.8 Å². The molecule has 24 heavy (non-hydrogen) atoms. The van der Waals surface area contributed by atoms with Gasteiger partial charge in [-0.15, -0.1) is 0 Å². The summed E-state index contributed by atoms with van der Waals surface area (Å²) >= 11 is 0. The number of fused-ring (bicyclic) bond motifs is 3. The maximum atomic E-state index is 13.7. The molecule has 3 aromatic heterocycles. The van der Waals surface area contributed by atoms with Crippen LogP contribution in [-0.4, -0.2) is 25.4 Å². The first-order valence-electron chi connectivity index (χ1n) is 7.44. The fourth-order valence-corrected chi connectivity index (χ4v) is 2.88. The van der Waals surface area contributed by atoms with Crippen molar-refractivity contribution in [1.82, 2.24) is 14.4 Å². The molecule has 1 aliphatic rings. The van der Waals surface area contributed by atoms with Crippen LogP contribution in [0.1, 0.15) is 17.8 Å². The molecule has 0 saturated carbocycles. The summed E-state index contributed by atoms with van der Waals surface area (Å²) in [5, 5.41) is 12.7. The number of hydrogen-bond donors (Lipinski definition) is 2. The second kappa shape index (κ2) is 5.45. The van der Waals surface area contributed by atoms with E-state index in [1.165, 1.54) is 12.3 Å². The highest BCUT2D eigenvalue weighted by atomic mass is 19.1. The van der Waals surface area contributed by atoms with Crippen molar-refractivity contribution in [1.29, 1.82) is 0 Å². The Labute approximate surface area is 136 Å². The SMILES string of the molecule is O=C(Nc1ccncc1F)C1=C(O)CCc2c1nc1ccccn21. The fourth-order valence-electron chi connectivity index (χ4n) is 2.88. The number of aliphatic hydroxyl groups excluding tert-OH is 1. The van der Waals surface area contributed by atoms with Crippen molar-refractivity contribution >= 4 is 22.8 Å². The van der Waals surface area contributed by atoms with Crippen LogP contribution in [0.25, 0.3) is 11.2 Å². The summed E-state index contributed by atoms with van der Waals surface area (Å²) in [7, 11) is 0. The Kier molecular flexibility index (Phi) is 3.26. The Morgan fingerprint density at radius 2 is 2.17 bits per heavy atom. The minimum atomic E-state index is -0.642. The van der Waals surface area contributed by atoms with Crippen LogP contribution in [0.4, 0.5) is 10.1 Å². The van der Waals surface area contributed by atoms with Crippen LogP contribution >= 0.6 is 0 Å². The Morgan fingerprint density at radius 3 is 3.00 bits per heavy atom. The van der Waals surface area contributed by atoms with Crippen LogP contribution in [0.5, 0.6) is 0 Å². The number of imidazole rings is 1. The Balaban J connectivity index is 1.78. The van der Waals surface area contributed by atoms with Gasteiger partial charge in [0.1, 0.15) is 22.7 Å². The molecule has 3 heterocycles. The maximum Gasteiger partial charge on any atom is 0.261 e. The van der Waals surface area contributed by atoms with Gasteiger partial charge in [0.05, 0.1) is 17.6 Å². The Hall–Kier alpha value is -3.22. The third-order valence-electron chi connectivity index (χ3n) is 4.00. The number of nitrogens with one attached hydrogen (secondary N) is 1. The van der Waals surface area contributed by atoms with Crippen LogP contribution in [0.15, 0.2) is 48.6 Å². The number of halogens is 1. The topological polar surface area (TPSA) is 79.5 Å². The van der Waals surface area contributed by atoms with Gasteiger partial charge in [0, 0.05) is 18.8 Å². The molecule has 0 spiro atoms. The second-order valence-electron chi connectivity index (χ2n) is 5.47. The fraction of sp³-hybridized carbons (Fsp3) is 0.118. The third kappa shape index (κ3) is 2.21. The van der Waals surface area contributed by atoms with Crippen LogP contribution < -0.4 is 5.32 Å². The summed E-state index contributed by atoms with van der Waals surface area (Å²) in [5.41, 5.74) is 2.06. The smallest absolute Gasteiger partial charge is 0.261 e. The van der Waals surface area contributed by atoms with E-state index in [0.717, 1.165) is 11.9 Å². The first kappa shape index (κ1) is 14.4. The quantitative estimate of drug-likeness (QED) is 0.759. The molecule has 0 radical (unpaired) electrons. The second-order valence-corrected chi connectivity index (χ2v) is 5.47. The molecule has 0 fully saturated rings. The number of aliphatic hydroxyl groups is 1. The number of rotatable bonds is 2. The van der Waals surface area contributed by atoms with Gasteiger partial charge in [-0.3, -0.25) is 9.78 Å². The van der Waals surface area contributed by atoms with Gasteiger partial charge in [0.25, 0.3) is 5.91 Å². The minimum Gasteiger partial charge on any atom is -0.511 e. The van der Waals surface area contributed by atoms with E-state index < -0.39 is 11.7 Å². The van der Waals surface area contributed by atoms with Gasteiger partial charge in [0.2, 0.25) is 0 Å². The molecule has 0 bridgehead atoms. The first-order chi connectivity index (χ1) is 11.6. The number of anilines is 1. The molecule has 3 aromatic rings. The number of carbonyl (C=O) groups is 1. The number of hydrogen-bond acceptors (Lipinski definition) is 4. The number of allylic oxidation sites excluding steroid dienone is 1. The van der Waals surface area contributed by atoms with Gasteiger partial charge in [-0.2, -0.15) is 0 Å². The number of aryl methyl sites for hydroxylation is 1. The molecule has 7 heteroatoms. The van der Waals surface area contributed by atoms with Gasteiger partial charge in [0.15, 0.2) is 5.82 Å². The summed E-state index contributed by atoms with van der Waals surface area (Å²) in [6, 6.07) is 6.91. The normalized spacial score (nSPS) is 13.9. The van der Waals surface area contributed by atoms with E-state index in [1.807, 2.05) is 28.8 Å². The van der Waals surface area contributed by atoms with E-state index in [9.17, 15) is 14.3 Å². The molecule has 2 N–H and O–H groups in total. The van der Waals surface area contributed by atoms with E-state index in [1.54, 1.807) is 0 Å². The van der Waals surface area contributed by atoms with Gasteiger partial charge in [-0.25, -0.2) is 9.37 Å². The number of nitrogens with zero attached hydrogens (tertiary/aromatic N) is 3.